The van der Waals surface area contributed by atoms with E-state index in [1.54, 1.807) is 0 Å². The first-order valence-electron chi connectivity index (χ1n) is 1.72. The Morgan fingerprint density at radius 1 is 1.08 bits per heavy atom. The molecule has 0 heterocycles. The van der Waals surface area contributed by atoms with Crippen molar-refractivity contribution in [2.45, 2.75) is 0 Å². The van der Waals surface area contributed by atoms with Gasteiger partial charge >= 0.3 is 132 Å². The van der Waals surface area contributed by atoms with Crippen molar-refractivity contribution in [2.75, 3.05) is 0 Å². The molecule has 0 aliphatic rings. The van der Waals surface area contributed by atoms with Gasteiger partial charge in [0.25, 0.3) is 0 Å². The molecule has 13 heavy (non-hydrogen) atoms. The van der Waals surface area contributed by atoms with Crippen molar-refractivity contribution in [2.24, 2.45) is 0 Å². The van der Waals surface area contributed by atoms with Crippen LogP contribution in [0.3, 0.4) is 0 Å². The first-order valence-corrected chi connectivity index (χ1v) is 29.2. The summed E-state index contributed by atoms with van der Waals surface area (Å²) in [4.78, 5) is 0. The Morgan fingerprint density at radius 3 is 1.08 bits per heavy atom. The van der Waals surface area contributed by atoms with Crippen LogP contribution in [-0.4, -0.2) is 32.6 Å². The Labute approximate surface area is 169 Å². The monoisotopic (exact) mass is 853 g/mol. The van der Waals surface area contributed by atoms with E-state index in [0.717, 1.165) is 0 Å². The third-order valence-corrected chi connectivity index (χ3v) is 0. The van der Waals surface area contributed by atoms with Gasteiger partial charge in [-0.15, -0.1) is 0 Å². The van der Waals surface area contributed by atoms with E-state index < -0.39 is 41.4 Å². The molecule has 0 spiro atoms. The van der Waals surface area contributed by atoms with Crippen LogP contribution in [0.15, 0.2) is 0 Å². The molecule has 0 unspecified atom stereocenters. The Hall–Kier alpha value is 6.30. The summed E-state index contributed by atoms with van der Waals surface area (Å²) in [5.74, 6) is 0. The fourth-order valence-corrected chi connectivity index (χ4v) is 0. The van der Waals surface area contributed by atoms with Crippen molar-refractivity contribution in [3.05, 3.63) is 0 Å². The van der Waals surface area contributed by atoms with Crippen molar-refractivity contribution in [1.82, 2.24) is 0 Å². The third kappa shape index (κ3) is 123. The van der Waals surface area contributed by atoms with Gasteiger partial charge in [-0.05, 0) is 0 Å². The molecular formula is H2AlBr3Cl5SnTaTiZn. The zero-order chi connectivity index (χ0) is 11.0. The molecule has 0 fully saturated rings. The summed E-state index contributed by atoms with van der Waals surface area (Å²) in [7, 11) is 23.7. The number of halogens is 8. The Balaban J connectivity index is -0.0000000220. The molecule has 0 aromatic rings. The van der Waals surface area contributed by atoms with Gasteiger partial charge < -0.3 is 0 Å². The van der Waals surface area contributed by atoms with Gasteiger partial charge in [-0.3, -0.25) is 0 Å². The molecule has 0 amide bonds. The molecule has 0 atom stereocenters. The van der Waals surface area contributed by atoms with Gasteiger partial charge in [0.2, 0.25) is 0 Å². The molecule has 0 aromatic heterocycles. The van der Waals surface area contributed by atoms with Crippen molar-refractivity contribution in [3.63, 3.8) is 0 Å². The van der Waals surface area contributed by atoms with Crippen LogP contribution in [0.25, 0.3) is 0 Å². The van der Waals surface area contributed by atoms with Crippen LogP contribution >= 0.6 is 89.2 Å². The molecule has 0 rings (SSSR count). The minimum atomic E-state index is -0.931. The van der Waals surface area contributed by atoms with Gasteiger partial charge in [0.1, 0.15) is 0 Å². The SMILES string of the molecule is [Br][Al]([Br])[Br].[Cl][Ta][Cl].[Cl][Ti].[Cl][Zn][Cl].[SnH2]. The second-order valence-electron chi connectivity index (χ2n) is 0.412. The average Bonchev–Trinajstić information content (AvgIpc) is 1.92. The third-order valence-electron chi connectivity index (χ3n) is 0. The van der Waals surface area contributed by atoms with Crippen LogP contribution in [0.1, 0.15) is 0 Å². The standard InChI is InChI=1S/Al.3BrH.5ClH.Sn.Ta.Ti.Zn.2H/h;8*1H;;;;;;/q+3;;;;;;;;;;+2;+1;+2;;/p-8. The Morgan fingerprint density at radius 2 is 1.08 bits per heavy atom. The van der Waals surface area contributed by atoms with Crippen molar-refractivity contribution < 1.29 is 52.1 Å². The summed E-state index contributed by atoms with van der Waals surface area (Å²) in [6.45, 7) is 0. The van der Waals surface area contributed by atoms with Crippen LogP contribution in [0.2, 0.25) is 0 Å². The fraction of sp³-hybridized carbons (Fsp3) is 0. The van der Waals surface area contributed by atoms with Gasteiger partial charge in [0, 0.05) is 0 Å². The molecule has 0 saturated heterocycles. The topological polar surface area (TPSA) is 0 Å². The first kappa shape index (κ1) is 31.6. The zero-order valence-corrected chi connectivity index (χ0v) is 27.4. The molecule has 2 radical (unpaired) electrons. The van der Waals surface area contributed by atoms with E-state index in [1.165, 1.54) is 19.4 Å². The van der Waals surface area contributed by atoms with E-state index in [2.05, 4.69) is 51.5 Å². The van der Waals surface area contributed by atoms with Gasteiger partial charge in [-0.1, -0.05) is 0 Å². The normalized spacial score (nSPS) is 4.23. The summed E-state index contributed by atoms with van der Waals surface area (Å²) in [5, 5.41) is 0. The summed E-state index contributed by atoms with van der Waals surface area (Å²) in [6, 6.07) is 0. The summed E-state index contributed by atoms with van der Waals surface area (Å²) < 4.78 is 0. The summed E-state index contributed by atoms with van der Waals surface area (Å²) in [6.07, 6.45) is 0. The van der Waals surface area contributed by atoms with Gasteiger partial charge in [0.15, 0.2) is 0 Å². The number of rotatable bonds is 0. The van der Waals surface area contributed by atoms with E-state index >= 15 is 0 Å². The quantitative estimate of drug-likeness (QED) is 0.311. The predicted octanol–water partition coefficient (Wildman–Crippen LogP) is 4.68. The van der Waals surface area contributed by atoms with E-state index in [-0.39, 0.29) is 23.9 Å². The first-order chi connectivity index (χ1) is 5.56. The Kier molecular flexibility index (Phi) is 104. The number of hydrogen-bond acceptors (Lipinski definition) is 0. The average molecular weight is 859 g/mol. The molecule has 0 aromatic carbocycles. The van der Waals surface area contributed by atoms with Crippen LogP contribution < -0.4 is 0 Å². The molecular weight excluding hydrogens is 857 g/mol. The molecule has 0 saturated carbocycles. The maximum absolute atomic E-state index is 4.95. The zero-order valence-electron chi connectivity index (χ0n) is 5.96. The van der Waals surface area contributed by atoms with E-state index in [9.17, 15) is 0 Å². The van der Waals surface area contributed by atoms with Crippen molar-refractivity contribution in [1.29, 1.82) is 0 Å². The van der Waals surface area contributed by atoms with Crippen molar-refractivity contribution in [3.8, 4) is 0 Å². The number of hydrogen-bond donors (Lipinski definition) is 0. The van der Waals surface area contributed by atoms with Gasteiger partial charge in [0.05, 0.1) is 0 Å². The summed E-state index contributed by atoms with van der Waals surface area (Å²) >= 11 is 9.38. The second kappa shape index (κ2) is 42.9. The molecule has 0 nitrogen and oxygen atoms in total. The van der Waals surface area contributed by atoms with Gasteiger partial charge in [-0.25, -0.2) is 0 Å². The molecule has 0 N–H and O–H groups in total. The van der Waals surface area contributed by atoms with Crippen LogP contribution in [0.5, 0.6) is 0 Å². The van der Waals surface area contributed by atoms with Crippen molar-refractivity contribution >= 4 is 122 Å². The van der Waals surface area contributed by atoms with Crippen LogP contribution in [0, 0.1) is 0 Å². The molecule has 0 bridgehead atoms. The van der Waals surface area contributed by atoms with Gasteiger partial charge in [-0.2, -0.15) is 42.2 Å². The van der Waals surface area contributed by atoms with E-state index in [1.807, 2.05) is 0 Å². The van der Waals surface area contributed by atoms with E-state index in [0.29, 0.717) is 0 Å². The molecule has 0 aliphatic carbocycles. The molecule has 76 valence electrons. The van der Waals surface area contributed by atoms with Crippen LogP contribution in [0.4, 0.5) is 0 Å². The Bertz CT molecular complexity index is 48.2. The van der Waals surface area contributed by atoms with Crippen LogP contribution in [-0.2, 0) is 52.1 Å². The maximum atomic E-state index is 4.95. The molecule has 0 aliphatic heterocycles. The second-order valence-corrected chi connectivity index (χ2v) is 29.5. The minimum absolute atomic E-state index is 0. The molecule has 13 heteroatoms. The van der Waals surface area contributed by atoms with E-state index in [4.69, 9.17) is 37.8 Å². The predicted molar refractivity (Wildman–Crippen MR) is 70.3 cm³/mol. The fourth-order valence-electron chi connectivity index (χ4n) is 0. The summed E-state index contributed by atoms with van der Waals surface area (Å²) in [5.41, 5.74) is 0.